The summed E-state index contributed by atoms with van der Waals surface area (Å²) in [6, 6.07) is 2.56. The van der Waals surface area contributed by atoms with Crippen LogP contribution in [0.15, 0.2) is 12.1 Å². The minimum absolute atomic E-state index is 0.0661. The van der Waals surface area contributed by atoms with Crippen molar-refractivity contribution in [2.24, 2.45) is 11.8 Å². The van der Waals surface area contributed by atoms with E-state index in [1.807, 2.05) is 0 Å². The number of rotatable bonds is 5. The fourth-order valence-electron chi connectivity index (χ4n) is 2.12. The van der Waals surface area contributed by atoms with Crippen LogP contribution in [0.2, 0.25) is 0 Å². The van der Waals surface area contributed by atoms with Crippen LogP contribution in [0, 0.1) is 28.9 Å². The first-order chi connectivity index (χ1) is 8.90. The third-order valence-corrected chi connectivity index (χ3v) is 3.65. The first-order valence-electron chi connectivity index (χ1n) is 6.16. The summed E-state index contributed by atoms with van der Waals surface area (Å²) in [6.07, 6.45) is 1.15. The Morgan fingerprint density at radius 2 is 2.21 bits per heavy atom. The third kappa shape index (κ3) is 2.83. The monoisotopic (exact) mass is 264 g/mol. The smallest absolute Gasteiger partial charge is 0.336 e. The van der Waals surface area contributed by atoms with E-state index in [-0.39, 0.29) is 11.3 Å². The van der Waals surface area contributed by atoms with E-state index in [1.54, 1.807) is 6.92 Å². The number of nitro benzene ring substituents is 1. The molecule has 1 aliphatic carbocycles. The lowest BCUT2D eigenvalue weighted by Crippen LogP contribution is -2.09. The lowest BCUT2D eigenvalue weighted by atomic mass is 10.1. The highest BCUT2D eigenvalue weighted by Gasteiger charge is 2.32. The molecule has 2 rings (SSSR count). The zero-order valence-electron chi connectivity index (χ0n) is 10.8. The molecule has 0 aliphatic heterocycles. The molecule has 2 unspecified atom stereocenters. The van der Waals surface area contributed by atoms with Gasteiger partial charge in [0.1, 0.15) is 0 Å². The molecule has 6 nitrogen and oxygen atoms in total. The van der Waals surface area contributed by atoms with Crippen molar-refractivity contribution in [3.8, 4) is 0 Å². The summed E-state index contributed by atoms with van der Waals surface area (Å²) in [5.41, 5.74) is 0.781. The van der Waals surface area contributed by atoms with Crippen molar-refractivity contribution >= 4 is 17.3 Å². The predicted molar refractivity (Wildman–Crippen MR) is 70.6 cm³/mol. The van der Waals surface area contributed by atoms with Crippen molar-refractivity contribution < 1.29 is 14.8 Å². The summed E-state index contributed by atoms with van der Waals surface area (Å²) in [7, 11) is 0. The van der Waals surface area contributed by atoms with E-state index in [4.69, 9.17) is 5.11 Å². The molecule has 2 atom stereocenters. The van der Waals surface area contributed by atoms with Crippen molar-refractivity contribution in [2.75, 3.05) is 11.9 Å². The second kappa shape index (κ2) is 4.87. The van der Waals surface area contributed by atoms with E-state index >= 15 is 0 Å². The average Bonchev–Trinajstić information content (AvgIpc) is 3.03. The third-order valence-electron chi connectivity index (χ3n) is 3.65. The van der Waals surface area contributed by atoms with E-state index in [1.165, 1.54) is 6.07 Å². The molecule has 1 aromatic carbocycles. The molecular formula is C13H16N2O4. The molecule has 102 valence electrons. The molecule has 0 aromatic heterocycles. The Labute approximate surface area is 110 Å². The molecule has 19 heavy (non-hydrogen) atoms. The van der Waals surface area contributed by atoms with Gasteiger partial charge in [0.05, 0.1) is 10.5 Å². The summed E-state index contributed by atoms with van der Waals surface area (Å²) in [4.78, 5) is 21.4. The Kier molecular flexibility index (Phi) is 3.42. The number of anilines is 1. The molecule has 0 spiro atoms. The molecule has 0 saturated heterocycles. The van der Waals surface area contributed by atoms with E-state index in [0.29, 0.717) is 23.1 Å². The maximum Gasteiger partial charge on any atom is 0.336 e. The number of hydrogen-bond acceptors (Lipinski definition) is 4. The van der Waals surface area contributed by atoms with E-state index in [2.05, 4.69) is 12.2 Å². The van der Waals surface area contributed by atoms with Gasteiger partial charge in [-0.25, -0.2) is 4.79 Å². The first-order valence-corrected chi connectivity index (χ1v) is 6.16. The van der Waals surface area contributed by atoms with Gasteiger partial charge in [-0.15, -0.1) is 0 Å². The topological polar surface area (TPSA) is 92.5 Å². The molecule has 2 N–H and O–H groups in total. The zero-order chi connectivity index (χ0) is 14.2. The van der Waals surface area contributed by atoms with Gasteiger partial charge in [0, 0.05) is 23.9 Å². The molecule has 0 radical (unpaired) electrons. The van der Waals surface area contributed by atoms with E-state index in [0.717, 1.165) is 19.0 Å². The van der Waals surface area contributed by atoms with Crippen molar-refractivity contribution in [1.29, 1.82) is 0 Å². The maximum atomic E-state index is 11.0. The van der Waals surface area contributed by atoms with E-state index in [9.17, 15) is 14.9 Å². The Hall–Kier alpha value is -2.11. The van der Waals surface area contributed by atoms with E-state index < -0.39 is 10.9 Å². The van der Waals surface area contributed by atoms with Crippen molar-refractivity contribution in [2.45, 2.75) is 20.3 Å². The summed E-state index contributed by atoms with van der Waals surface area (Å²) in [6.45, 7) is 4.50. The Morgan fingerprint density at radius 3 is 2.68 bits per heavy atom. The number of carboxylic acids is 1. The number of nitro groups is 1. The molecule has 1 aromatic rings. The van der Waals surface area contributed by atoms with Crippen molar-refractivity contribution in [1.82, 2.24) is 0 Å². The predicted octanol–water partition coefficient (Wildman–Crippen LogP) is 2.67. The number of aromatic carboxylic acids is 1. The van der Waals surface area contributed by atoms with Gasteiger partial charge in [-0.05, 0) is 31.2 Å². The highest BCUT2D eigenvalue weighted by Crippen LogP contribution is 2.38. The Balaban J connectivity index is 2.29. The minimum atomic E-state index is -1.16. The van der Waals surface area contributed by atoms with Gasteiger partial charge in [-0.1, -0.05) is 6.92 Å². The van der Waals surface area contributed by atoms with Gasteiger partial charge in [0.2, 0.25) is 0 Å². The highest BCUT2D eigenvalue weighted by molar-refractivity contribution is 5.90. The SMILES string of the molecule is Cc1c(NCC2CC2C)cc(C(=O)O)cc1[N+](=O)[O-]. The second-order valence-corrected chi connectivity index (χ2v) is 5.08. The van der Waals surface area contributed by atoms with Gasteiger partial charge in [-0.2, -0.15) is 0 Å². The number of hydrogen-bond donors (Lipinski definition) is 2. The molecule has 6 heteroatoms. The maximum absolute atomic E-state index is 11.0. The zero-order valence-corrected chi connectivity index (χ0v) is 10.8. The van der Waals surface area contributed by atoms with Gasteiger partial charge in [0.25, 0.3) is 5.69 Å². The van der Waals surface area contributed by atoms with Gasteiger partial charge in [0.15, 0.2) is 0 Å². The van der Waals surface area contributed by atoms with Crippen LogP contribution in [0.1, 0.15) is 29.3 Å². The molecular weight excluding hydrogens is 248 g/mol. The molecule has 0 amide bonds. The number of nitrogens with zero attached hydrogens (tertiary/aromatic N) is 1. The highest BCUT2D eigenvalue weighted by atomic mass is 16.6. The number of carboxylic acid groups (broad SMARTS) is 1. The lowest BCUT2D eigenvalue weighted by molar-refractivity contribution is -0.385. The number of carbonyl (C=O) groups is 1. The standard InChI is InChI=1S/C13H16N2O4/c1-7-3-10(7)6-14-11-4-9(13(16)17)5-12(8(11)2)15(18)19/h4-5,7,10,14H,3,6H2,1-2H3,(H,16,17). The van der Waals surface area contributed by atoms with Gasteiger partial charge in [-0.3, -0.25) is 10.1 Å². The molecule has 1 saturated carbocycles. The van der Waals surface area contributed by atoms with Crippen LogP contribution in [0.25, 0.3) is 0 Å². The Bertz CT molecular complexity index is 542. The number of nitrogens with one attached hydrogen (secondary N) is 1. The fraction of sp³-hybridized carbons (Fsp3) is 0.462. The van der Waals surface area contributed by atoms with Crippen LogP contribution >= 0.6 is 0 Å². The summed E-state index contributed by atoms with van der Waals surface area (Å²) in [5, 5.41) is 23.1. The van der Waals surface area contributed by atoms with Crippen LogP contribution in [0.5, 0.6) is 0 Å². The molecule has 1 fully saturated rings. The molecule has 0 heterocycles. The van der Waals surface area contributed by atoms with Crippen molar-refractivity contribution in [3.63, 3.8) is 0 Å². The summed E-state index contributed by atoms with van der Waals surface area (Å²) < 4.78 is 0. The van der Waals surface area contributed by atoms with Gasteiger partial charge >= 0.3 is 5.97 Å². The molecule has 1 aliphatic rings. The minimum Gasteiger partial charge on any atom is -0.478 e. The lowest BCUT2D eigenvalue weighted by Gasteiger charge is -2.10. The summed E-state index contributed by atoms with van der Waals surface area (Å²) in [5.74, 6) is 0.0864. The van der Waals surface area contributed by atoms with Crippen LogP contribution in [-0.2, 0) is 0 Å². The van der Waals surface area contributed by atoms with Crippen LogP contribution in [-0.4, -0.2) is 22.5 Å². The average molecular weight is 264 g/mol. The van der Waals surface area contributed by atoms with Gasteiger partial charge < -0.3 is 10.4 Å². The Morgan fingerprint density at radius 1 is 1.58 bits per heavy atom. The quantitative estimate of drug-likeness (QED) is 0.630. The summed E-state index contributed by atoms with van der Waals surface area (Å²) >= 11 is 0. The first kappa shape index (κ1) is 13.3. The number of benzene rings is 1. The van der Waals surface area contributed by atoms with Crippen LogP contribution < -0.4 is 5.32 Å². The molecule has 0 bridgehead atoms. The second-order valence-electron chi connectivity index (χ2n) is 5.08. The van der Waals surface area contributed by atoms with Crippen LogP contribution in [0.4, 0.5) is 11.4 Å². The van der Waals surface area contributed by atoms with Crippen molar-refractivity contribution in [3.05, 3.63) is 33.4 Å². The normalized spacial score (nSPS) is 20.9. The fourth-order valence-corrected chi connectivity index (χ4v) is 2.12. The largest absolute Gasteiger partial charge is 0.478 e. The van der Waals surface area contributed by atoms with Crippen LogP contribution in [0.3, 0.4) is 0 Å².